The molecule has 96 valence electrons. The van der Waals surface area contributed by atoms with E-state index >= 15 is 0 Å². The number of thiazole rings is 1. The lowest BCUT2D eigenvalue weighted by Gasteiger charge is -2.08. The first kappa shape index (κ1) is 12.2. The molecule has 19 heavy (non-hydrogen) atoms. The maximum atomic E-state index is 5.88. The molecule has 1 heterocycles. The number of benzene rings is 2. The molecule has 0 aliphatic carbocycles. The van der Waals surface area contributed by atoms with Gasteiger partial charge in [-0.1, -0.05) is 24.3 Å². The van der Waals surface area contributed by atoms with Crippen LogP contribution in [0, 0.1) is 13.8 Å². The van der Waals surface area contributed by atoms with Gasteiger partial charge in [-0.25, -0.2) is 4.98 Å². The molecule has 0 atom stereocenters. The first-order chi connectivity index (χ1) is 9.22. The van der Waals surface area contributed by atoms with Crippen molar-refractivity contribution in [1.82, 2.24) is 4.98 Å². The minimum Gasteiger partial charge on any atom is -0.486 e. The van der Waals surface area contributed by atoms with E-state index in [4.69, 9.17) is 4.74 Å². The number of aromatic nitrogens is 1. The summed E-state index contributed by atoms with van der Waals surface area (Å²) in [6.45, 7) is 4.67. The van der Waals surface area contributed by atoms with Crippen molar-refractivity contribution < 1.29 is 4.74 Å². The molecule has 0 aliphatic heterocycles. The van der Waals surface area contributed by atoms with Crippen LogP contribution in [0.5, 0.6) is 5.75 Å². The van der Waals surface area contributed by atoms with Crippen LogP contribution in [-0.4, -0.2) is 4.98 Å². The lowest BCUT2D eigenvalue weighted by molar-refractivity contribution is 0.303. The molecular formula is C16H15NOS. The van der Waals surface area contributed by atoms with Crippen LogP contribution < -0.4 is 4.74 Å². The van der Waals surface area contributed by atoms with Gasteiger partial charge in [0, 0.05) is 0 Å². The molecule has 0 saturated carbocycles. The van der Waals surface area contributed by atoms with Gasteiger partial charge in [0.25, 0.3) is 0 Å². The van der Waals surface area contributed by atoms with Crippen LogP contribution in [-0.2, 0) is 6.61 Å². The molecule has 2 nitrogen and oxygen atoms in total. The third-order valence-electron chi connectivity index (χ3n) is 3.03. The highest BCUT2D eigenvalue weighted by Gasteiger charge is 2.05. The van der Waals surface area contributed by atoms with Crippen LogP contribution in [0.25, 0.3) is 10.2 Å². The molecule has 0 aliphatic rings. The van der Waals surface area contributed by atoms with Gasteiger partial charge in [0.15, 0.2) is 0 Å². The van der Waals surface area contributed by atoms with Crippen molar-refractivity contribution in [3.05, 3.63) is 58.6 Å². The van der Waals surface area contributed by atoms with Crippen LogP contribution in [0.4, 0.5) is 0 Å². The standard InChI is InChI=1S/C16H15NOS/c1-11-7-8-12(2)14(9-11)18-10-16-17-13-5-3-4-6-15(13)19-16/h3-9H,10H2,1-2H3. The second-order valence-electron chi connectivity index (χ2n) is 4.63. The molecular weight excluding hydrogens is 254 g/mol. The summed E-state index contributed by atoms with van der Waals surface area (Å²) < 4.78 is 7.09. The maximum absolute atomic E-state index is 5.88. The molecule has 3 aromatic rings. The smallest absolute Gasteiger partial charge is 0.140 e. The lowest BCUT2D eigenvalue weighted by atomic mass is 10.1. The number of hydrogen-bond donors (Lipinski definition) is 0. The molecule has 0 bridgehead atoms. The van der Waals surface area contributed by atoms with Gasteiger partial charge in [-0.2, -0.15) is 0 Å². The second-order valence-corrected chi connectivity index (χ2v) is 5.75. The first-order valence-corrected chi connectivity index (χ1v) is 7.08. The third kappa shape index (κ3) is 2.61. The van der Waals surface area contributed by atoms with E-state index in [2.05, 4.69) is 43.1 Å². The van der Waals surface area contributed by atoms with Gasteiger partial charge in [-0.05, 0) is 43.2 Å². The summed E-state index contributed by atoms with van der Waals surface area (Å²) in [4.78, 5) is 4.57. The van der Waals surface area contributed by atoms with Gasteiger partial charge < -0.3 is 4.74 Å². The molecule has 0 unspecified atom stereocenters. The Kier molecular flexibility index (Phi) is 3.22. The number of aryl methyl sites for hydroxylation is 2. The van der Waals surface area contributed by atoms with Crippen molar-refractivity contribution in [3.63, 3.8) is 0 Å². The summed E-state index contributed by atoms with van der Waals surface area (Å²) >= 11 is 1.69. The highest BCUT2D eigenvalue weighted by atomic mass is 32.1. The highest BCUT2D eigenvalue weighted by molar-refractivity contribution is 7.18. The van der Waals surface area contributed by atoms with E-state index in [1.165, 1.54) is 10.3 Å². The van der Waals surface area contributed by atoms with E-state index in [0.29, 0.717) is 6.61 Å². The van der Waals surface area contributed by atoms with E-state index in [1.54, 1.807) is 11.3 Å². The Hall–Kier alpha value is -1.87. The van der Waals surface area contributed by atoms with E-state index in [1.807, 2.05) is 18.2 Å². The normalized spacial score (nSPS) is 10.8. The van der Waals surface area contributed by atoms with Crippen molar-refractivity contribution in [2.75, 3.05) is 0 Å². The Morgan fingerprint density at radius 1 is 1.11 bits per heavy atom. The maximum Gasteiger partial charge on any atom is 0.140 e. The topological polar surface area (TPSA) is 22.1 Å². The van der Waals surface area contributed by atoms with E-state index < -0.39 is 0 Å². The zero-order valence-electron chi connectivity index (χ0n) is 11.0. The quantitative estimate of drug-likeness (QED) is 0.698. The van der Waals surface area contributed by atoms with Gasteiger partial charge >= 0.3 is 0 Å². The predicted octanol–water partition coefficient (Wildman–Crippen LogP) is 4.49. The van der Waals surface area contributed by atoms with Crippen molar-refractivity contribution in [3.8, 4) is 5.75 Å². The average Bonchev–Trinajstić information content (AvgIpc) is 2.82. The monoisotopic (exact) mass is 269 g/mol. The Morgan fingerprint density at radius 3 is 2.79 bits per heavy atom. The molecule has 1 aromatic heterocycles. The number of rotatable bonds is 3. The third-order valence-corrected chi connectivity index (χ3v) is 4.04. The fraction of sp³-hybridized carbons (Fsp3) is 0.188. The van der Waals surface area contributed by atoms with Crippen molar-refractivity contribution >= 4 is 21.6 Å². The predicted molar refractivity (Wildman–Crippen MR) is 79.9 cm³/mol. The van der Waals surface area contributed by atoms with E-state index in [-0.39, 0.29) is 0 Å². The molecule has 0 N–H and O–H groups in total. The molecule has 0 fully saturated rings. The molecule has 0 saturated heterocycles. The zero-order chi connectivity index (χ0) is 13.2. The highest BCUT2D eigenvalue weighted by Crippen LogP contribution is 2.24. The number of para-hydroxylation sites is 1. The van der Waals surface area contributed by atoms with Gasteiger partial charge in [-0.3, -0.25) is 0 Å². The van der Waals surface area contributed by atoms with E-state index in [9.17, 15) is 0 Å². The first-order valence-electron chi connectivity index (χ1n) is 6.27. The number of nitrogens with zero attached hydrogens (tertiary/aromatic N) is 1. The summed E-state index contributed by atoms with van der Waals surface area (Å²) in [7, 11) is 0. The second kappa shape index (κ2) is 5.02. The lowest BCUT2D eigenvalue weighted by Crippen LogP contribution is -1.96. The van der Waals surface area contributed by atoms with Crippen molar-refractivity contribution in [1.29, 1.82) is 0 Å². The molecule has 0 amide bonds. The van der Waals surface area contributed by atoms with Crippen LogP contribution in [0.1, 0.15) is 16.1 Å². The number of fused-ring (bicyclic) bond motifs is 1. The van der Waals surface area contributed by atoms with Crippen LogP contribution in [0.3, 0.4) is 0 Å². The van der Waals surface area contributed by atoms with Gasteiger partial charge in [0.1, 0.15) is 17.4 Å². The Balaban J connectivity index is 1.80. The number of ether oxygens (including phenoxy) is 1. The molecule has 3 heteroatoms. The molecule has 0 spiro atoms. The molecule has 3 rings (SSSR count). The Bertz CT molecular complexity index is 685. The Labute approximate surface area is 116 Å². The minimum atomic E-state index is 0.531. The Morgan fingerprint density at radius 2 is 1.95 bits per heavy atom. The van der Waals surface area contributed by atoms with Gasteiger partial charge in [-0.15, -0.1) is 11.3 Å². The number of hydrogen-bond acceptors (Lipinski definition) is 3. The van der Waals surface area contributed by atoms with Crippen LogP contribution >= 0.6 is 11.3 Å². The molecule has 0 radical (unpaired) electrons. The summed E-state index contributed by atoms with van der Waals surface area (Å²) in [5.74, 6) is 0.944. The fourth-order valence-electron chi connectivity index (χ4n) is 1.98. The summed E-state index contributed by atoms with van der Waals surface area (Å²) in [6, 6.07) is 14.4. The average molecular weight is 269 g/mol. The van der Waals surface area contributed by atoms with Crippen molar-refractivity contribution in [2.24, 2.45) is 0 Å². The van der Waals surface area contributed by atoms with Crippen LogP contribution in [0.2, 0.25) is 0 Å². The van der Waals surface area contributed by atoms with Crippen molar-refractivity contribution in [2.45, 2.75) is 20.5 Å². The SMILES string of the molecule is Cc1ccc(C)c(OCc2nc3ccccc3s2)c1. The summed E-state index contributed by atoms with van der Waals surface area (Å²) in [6.07, 6.45) is 0. The minimum absolute atomic E-state index is 0.531. The zero-order valence-corrected chi connectivity index (χ0v) is 11.8. The summed E-state index contributed by atoms with van der Waals surface area (Å²) in [5, 5.41) is 1.02. The largest absolute Gasteiger partial charge is 0.486 e. The fourth-order valence-corrected chi connectivity index (χ4v) is 2.86. The van der Waals surface area contributed by atoms with E-state index in [0.717, 1.165) is 21.8 Å². The van der Waals surface area contributed by atoms with Crippen LogP contribution in [0.15, 0.2) is 42.5 Å². The van der Waals surface area contributed by atoms with Gasteiger partial charge in [0.2, 0.25) is 0 Å². The summed E-state index contributed by atoms with van der Waals surface area (Å²) in [5.41, 5.74) is 3.42. The molecule has 2 aromatic carbocycles. The van der Waals surface area contributed by atoms with Gasteiger partial charge in [0.05, 0.1) is 10.2 Å².